The number of benzene rings is 1. The van der Waals surface area contributed by atoms with E-state index in [-0.39, 0.29) is 0 Å². The van der Waals surface area contributed by atoms with E-state index in [9.17, 15) is 0 Å². The van der Waals surface area contributed by atoms with Crippen LogP contribution in [0.2, 0.25) is 0 Å². The summed E-state index contributed by atoms with van der Waals surface area (Å²) in [5.74, 6) is 6.25. The zero-order valence-corrected chi connectivity index (χ0v) is 11.6. The van der Waals surface area contributed by atoms with Gasteiger partial charge in [-0.25, -0.2) is 5.84 Å². The zero-order valence-electron chi connectivity index (χ0n) is 11.6. The van der Waals surface area contributed by atoms with Crippen molar-refractivity contribution in [2.75, 3.05) is 13.6 Å². The van der Waals surface area contributed by atoms with Gasteiger partial charge >= 0.3 is 0 Å². The summed E-state index contributed by atoms with van der Waals surface area (Å²) in [5.41, 5.74) is 5.19. The van der Waals surface area contributed by atoms with Gasteiger partial charge in [0.15, 0.2) is 0 Å². The van der Waals surface area contributed by atoms with Crippen LogP contribution in [0.25, 0.3) is 0 Å². The third-order valence-corrected chi connectivity index (χ3v) is 2.80. The topological polar surface area (TPSA) is 53.6 Å². The molecule has 0 saturated heterocycles. The summed E-state index contributed by atoms with van der Waals surface area (Å²) in [6.45, 7) is 5.86. The average Bonchev–Trinajstić information content (AvgIpc) is 2.37. The molecule has 0 aliphatic heterocycles. The summed E-state index contributed by atoms with van der Waals surface area (Å²) in [6, 6.07) is 8.50. The van der Waals surface area contributed by atoms with E-state index in [0.717, 1.165) is 31.9 Å². The quantitative estimate of drug-likeness (QED) is 0.276. The Morgan fingerprint density at radius 3 is 2.56 bits per heavy atom. The Hall–Kier alpha value is -1.55. The monoisotopic (exact) mass is 248 g/mol. The number of nitrogens with two attached hydrogens (primary N) is 1. The summed E-state index contributed by atoms with van der Waals surface area (Å²) < 4.78 is 0. The summed E-state index contributed by atoms with van der Waals surface area (Å²) in [5, 5.41) is 0. The zero-order chi connectivity index (χ0) is 13.4. The van der Waals surface area contributed by atoms with Crippen LogP contribution in [0.15, 0.2) is 29.3 Å². The molecular weight excluding hydrogens is 224 g/mol. The van der Waals surface area contributed by atoms with Crippen LogP contribution in [-0.4, -0.2) is 24.5 Å². The van der Waals surface area contributed by atoms with Crippen LogP contribution in [0, 0.1) is 6.92 Å². The number of nitrogens with zero attached hydrogens (tertiary/aromatic N) is 2. The van der Waals surface area contributed by atoms with Crippen molar-refractivity contribution in [1.29, 1.82) is 0 Å². The molecule has 3 N–H and O–H groups in total. The molecule has 0 unspecified atom stereocenters. The maximum absolute atomic E-state index is 5.51. The highest BCUT2D eigenvalue weighted by molar-refractivity contribution is 5.79. The molecule has 0 aromatic heterocycles. The van der Waals surface area contributed by atoms with E-state index >= 15 is 0 Å². The number of guanidine groups is 1. The first-order chi connectivity index (χ1) is 8.67. The summed E-state index contributed by atoms with van der Waals surface area (Å²) in [6.07, 6.45) is 2.23. The minimum Gasteiger partial charge on any atom is -0.341 e. The molecule has 0 spiro atoms. The standard InChI is InChI=1S/C14H24N4/c1-4-5-10-16-14(17-15)18(3)11-13-8-6-12(2)7-9-13/h6-9H,4-5,10-11,15H2,1-3H3,(H,16,17). The Bertz CT molecular complexity index is 370. The minimum absolute atomic E-state index is 0.740. The van der Waals surface area contributed by atoms with Gasteiger partial charge in [-0.1, -0.05) is 43.2 Å². The van der Waals surface area contributed by atoms with E-state index in [1.165, 1.54) is 11.1 Å². The second kappa shape index (κ2) is 7.71. The van der Waals surface area contributed by atoms with Gasteiger partial charge < -0.3 is 4.90 Å². The maximum Gasteiger partial charge on any atom is 0.208 e. The van der Waals surface area contributed by atoms with E-state index in [0.29, 0.717) is 0 Å². The minimum atomic E-state index is 0.740. The molecule has 0 fully saturated rings. The number of hydrogen-bond acceptors (Lipinski definition) is 2. The highest BCUT2D eigenvalue weighted by Gasteiger charge is 2.05. The predicted molar refractivity (Wildman–Crippen MR) is 77.2 cm³/mol. The van der Waals surface area contributed by atoms with Gasteiger partial charge in [0, 0.05) is 20.1 Å². The molecule has 0 radical (unpaired) electrons. The molecular formula is C14H24N4. The van der Waals surface area contributed by atoms with Crippen molar-refractivity contribution < 1.29 is 0 Å². The predicted octanol–water partition coefficient (Wildman–Crippen LogP) is 2.05. The van der Waals surface area contributed by atoms with Crippen molar-refractivity contribution >= 4 is 5.96 Å². The lowest BCUT2D eigenvalue weighted by molar-refractivity contribution is 0.476. The van der Waals surface area contributed by atoms with E-state index in [2.05, 4.69) is 48.5 Å². The molecule has 0 amide bonds. The van der Waals surface area contributed by atoms with Gasteiger partial charge in [0.1, 0.15) is 0 Å². The van der Waals surface area contributed by atoms with E-state index < -0.39 is 0 Å². The van der Waals surface area contributed by atoms with Crippen LogP contribution in [0.5, 0.6) is 0 Å². The van der Waals surface area contributed by atoms with Gasteiger partial charge in [-0.15, -0.1) is 0 Å². The molecule has 18 heavy (non-hydrogen) atoms. The van der Waals surface area contributed by atoms with Crippen molar-refractivity contribution in [1.82, 2.24) is 10.3 Å². The Labute approximate surface area is 110 Å². The van der Waals surface area contributed by atoms with Crippen LogP contribution >= 0.6 is 0 Å². The summed E-state index contributed by atoms with van der Waals surface area (Å²) in [7, 11) is 1.99. The number of aryl methyl sites for hydroxylation is 1. The summed E-state index contributed by atoms with van der Waals surface area (Å²) >= 11 is 0. The molecule has 0 aliphatic carbocycles. The molecule has 1 rings (SSSR count). The van der Waals surface area contributed by atoms with Gasteiger partial charge in [-0.05, 0) is 18.9 Å². The van der Waals surface area contributed by atoms with Crippen molar-refractivity contribution in [2.45, 2.75) is 33.2 Å². The fourth-order valence-corrected chi connectivity index (χ4v) is 1.66. The molecule has 0 heterocycles. The third kappa shape index (κ3) is 4.75. The fraction of sp³-hybridized carbons (Fsp3) is 0.500. The smallest absolute Gasteiger partial charge is 0.208 e. The van der Waals surface area contributed by atoms with E-state index in [1.807, 2.05) is 11.9 Å². The molecule has 0 saturated carbocycles. The SMILES string of the molecule is CCCCN=C(NN)N(C)Cc1ccc(C)cc1. The third-order valence-electron chi connectivity index (χ3n) is 2.80. The first kappa shape index (κ1) is 14.5. The number of unbranched alkanes of at least 4 members (excludes halogenated alkanes) is 1. The number of nitrogens with one attached hydrogen (secondary N) is 1. The lowest BCUT2D eigenvalue weighted by Crippen LogP contribution is -2.42. The average molecular weight is 248 g/mol. The Kier molecular flexibility index (Phi) is 6.22. The normalized spacial score (nSPS) is 11.4. The van der Waals surface area contributed by atoms with Crippen molar-refractivity contribution in [3.05, 3.63) is 35.4 Å². The van der Waals surface area contributed by atoms with Crippen LogP contribution in [0.3, 0.4) is 0 Å². The first-order valence-corrected chi connectivity index (χ1v) is 6.45. The lowest BCUT2D eigenvalue weighted by atomic mass is 10.1. The highest BCUT2D eigenvalue weighted by Crippen LogP contribution is 2.06. The number of aliphatic imine (C=N–C) groups is 1. The lowest BCUT2D eigenvalue weighted by Gasteiger charge is -2.20. The molecule has 0 aliphatic rings. The van der Waals surface area contributed by atoms with Crippen LogP contribution in [0.1, 0.15) is 30.9 Å². The second-order valence-electron chi connectivity index (χ2n) is 4.54. The first-order valence-electron chi connectivity index (χ1n) is 6.45. The van der Waals surface area contributed by atoms with Gasteiger partial charge in [0.25, 0.3) is 0 Å². The van der Waals surface area contributed by atoms with Crippen molar-refractivity contribution in [3.8, 4) is 0 Å². The second-order valence-corrected chi connectivity index (χ2v) is 4.54. The Balaban J connectivity index is 2.58. The Morgan fingerprint density at radius 1 is 1.33 bits per heavy atom. The molecule has 1 aromatic rings. The fourth-order valence-electron chi connectivity index (χ4n) is 1.66. The van der Waals surface area contributed by atoms with Crippen molar-refractivity contribution in [3.63, 3.8) is 0 Å². The van der Waals surface area contributed by atoms with Gasteiger partial charge in [-0.2, -0.15) is 0 Å². The van der Waals surface area contributed by atoms with Gasteiger partial charge in [0.2, 0.25) is 5.96 Å². The van der Waals surface area contributed by atoms with Crippen molar-refractivity contribution in [2.24, 2.45) is 10.8 Å². The van der Waals surface area contributed by atoms with Gasteiger partial charge in [0.05, 0.1) is 0 Å². The summed E-state index contributed by atoms with van der Waals surface area (Å²) in [4.78, 5) is 6.48. The van der Waals surface area contributed by atoms with Gasteiger partial charge in [-0.3, -0.25) is 10.4 Å². The number of hydrazine groups is 1. The van der Waals surface area contributed by atoms with Crippen LogP contribution < -0.4 is 11.3 Å². The molecule has 4 nitrogen and oxygen atoms in total. The van der Waals surface area contributed by atoms with Crippen LogP contribution in [-0.2, 0) is 6.54 Å². The Morgan fingerprint density at radius 2 is 2.00 bits per heavy atom. The maximum atomic E-state index is 5.51. The molecule has 0 atom stereocenters. The van der Waals surface area contributed by atoms with E-state index in [4.69, 9.17) is 5.84 Å². The van der Waals surface area contributed by atoms with Crippen LogP contribution in [0.4, 0.5) is 0 Å². The number of rotatable bonds is 5. The molecule has 0 bridgehead atoms. The largest absolute Gasteiger partial charge is 0.341 e. The molecule has 4 heteroatoms. The molecule has 100 valence electrons. The van der Waals surface area contributed by atoms with E-state index in [1.54, 1.807) is 0 Å². The number of hydrogen-bond donors (Lipinski definition) is 2. The molecule has 1 aromatic carbocycles. The highest BCUT2D eigenvalue weighted by atomic mass is 15.4.